The van der Waals surface area contributed by atoms with Crippen molar-refractivity contribution in [2.45, 2.75) is 45.8 Å². The Labute approximate surface area is 95.1 Å². The van der Waals surface area contributed by atoms with Crippen LogP contribution in [0.5, 0.6) is 0 Å². The number of hydrogen-bond donors (Lipinski definition) is 2. The minimum Gasteiger partial charge on any atom is -0.480 e. The number of rotatable bonds is 2. The lowest BCUT2D eigenvalue weighted by Gasteiger charge is -2.25. The van der Waals surface area contributed by atoms with E-state index >= 15 is 0 Å². The fraction of sp³-hybridized carbons (Fsp3) is 0.818. The zero-order valence-corrected chi connectivity index (χ0v) is 9.93. The van der Waals surface area contributed by atoms with E-state index in [0.717, 1.165) is 0 Å². The summed E-state index contributed by atoms with van der Waals surface area (Å²) in [4.78, 5) is 24.1. The fourth-order valence-corrected chi connectivity index (χ4v) is 1.88. The van der Waals surface area contributed by atoms with E-state index in [2.05, 4.69) is 0 Å². The Kier molecular flexibility index (Phi) is 3.57. The second-order valence-corrected chi connectivity index (χ2v) is 5.53. The number of carbonyl (C=O) groups is 2. The highest BCUT2D eigenvalue weighted by atomic mass is 16.4. The Balaban J connectivity index is 2.71. The zero-order chi connectivity index (χ0) is 12.5. The van der Waals surface area contributed by atoms with Crippen molar-refractivity contribution in [3.05, 3.63) is 0 Å². The van der Waals surface area contributed by atoms with E-state index in [0.29, 0.717) is 6.42 Å². The molecule has 1 aliphatic heterocycles. The molecule has 0 saturated carbocycles. The smallest absolute Gasteiger partial charge is 0.326 e. The van der Waals surface area contributed by atoms with Crippen LogP contribution >= 0.6 is 0 Å². The molecule has 2 N–H and O–H groups in total. The van der Waals surface area contributed by atoms with Crippen molar-refractivity contribution < 1.29 is 19.8 Å². The number of aliphatic hydroxyl groups is 1. The lowest BCUT2D eigenvalue weighted by Crippen LogP contribution is -2.41. The minimum absolute atomic E-state index is 0.130. The molecule has 0 radical (unpaired) electrons. The van der Waals surface area contributed by atoms with E-state index in [-0.39, 0.29) is 24.3 Å². The van der Waals surface area contributed by atoms with Gasteiger partial charge in [-0.1, -0.05) is 20.8 Å². The Hall–Kier alpha value is -1.10. The van der Waals surface area contributed by atoms with Crippen LogP contribution in [0.4, 0.5) is 0 Å². The van der Waals surface area contributed by atoms with Crippen LogP contribution in [0.2, 0.25) is 0 Å². The summed E-state index contributed by atoms with van der Waals surface area (Å²) in [5.41, 5.74) is -0.173. The molecule has 1 saturated heterocycles. The van der Waals surface area contributed by atoms with E-state index in [1.807, 2.05) is 20.8 Å². The minimum atomic E-state index is -1.04. The maximum absolute atomic E-state index is 11.9. The average molecular weight is 229 g/mol. The molecule has 1 aliphatic rings. The van der Waals surface area contributed by atoms with Crippen molar-refractivity contribution in [2.75, 3.05) is 6.54 Å². The molecule has 5 heteroatoms. The van der Waals surface area contributed by atoms with Crippen LogP contribution in [0.25, 0.3) is 0 Å². The third-order valence-corrected chi connectivity index (χ3v) is 2.57. The van der Waals surface area contributed by atoms with Crippen molar-refractivity contribution in [3.63, 3.8) is 0 Å². The third-order valence-electron chi connectivity index (χ3n) is 2.57. The molecule has 1 amide bonds. The van der Waals surface area contributed by atoms with Gasteiger partial charge in [-0.15, -0.1) is 0 Å². The van der Waals surface area contributed by atoms with Crippen LogP contribution in [-0.4, -0.2) is 45.7 Å². The molecule has 1 rings (SSSR count). The number of aliphatic hydroxyl groups excluding tert-OH is 1. The Morgan fingerprint density at radius 3 is 2.38 bits per heavy atom. The van der Waals surface area contributed by atoms with Gasteiger partial charge in [-0.05, 0) is 5.41 Å². The van der Waals surface area contributed by atoms with Crippen molar-refractivity contribution in [1.29, 1.82) is 0 Å². The first kappa shape index (κ1) is 13.0. The second kappa shape index (κ2) is 4.41. The first-order valence-electron chi connectivity index (χ1n) is 5.41. The molecule has 1 fully saturated rings. The van der Waals surface area contributed by atoms with Crippen LogP contribution in [0.3, 0.4) is 0 Å². The van der Waals surface area contributed by atoms with Crippen molar-refractivity contribution in [1.82, 2.24) is 4.90 Å². The lowest BCUT2D eigenvalue weighted by molar-refractivity contribution is -0.148. The Morgan fingerprint density at radius 1 is 1.38 bits per heavy atom. The summed E-state index contributed by atoms with van der Waals surface area (Å²) in [5.74, 6) is -1.24. The van der Waals surface area contributed by atoms with Gasteiger partial charge in [0.1, 0.15) is 6.04 Å². The fourth-order valence-electron chi connectivity index (χ4n) is 1.88. The van der Waals surface area contributed by atoms with Crippen LogP contribution in [0.15, 0.2) is 0 Å². The molecule has 0 aromatic carbocycles. The van der Waals surface area contributed by atoms with Crippen LogP contribution in [-0.2, 0) is 9.59 Å². The van der Waals surface area contributed by atoms with Gasteiger partial charge in [-0.25, -0.2) is 4.79 Å². The molecular formula is C11H19NO4. The summed E-state index contributed by atoms with van der Waals surface area (Å²) in [6.45, 7) is 5.90. The quantitative estimate of drug-likeness (QED) is 0.721. The van der Waals surface area contributed by atoms with E-state index in [1.54, 1.807) is 0 Å². The number of carbonyl (C=O) groups excluding carboxylic acids is 1. The zero-order valence-electron chi connectivity index (χ0n) is 9.93. The first-order valence-corrected chi connectivity index (χ1v) is 5.41. The van der Waals surface area contributed by atoms with Crippen LogP contribution < -0.4 is 0 Å². The van der Waals surface area contributed by atoms with Gasteiger partial charge in [0.2, 0.25) is 5.91 Å². The van der Waals surface area contributed by atoms with Gasteiger partial charge in [0.15, 0.2) is 0 Å². The van der Waals surface area contributed by atoms with Crippen molar-refractivity contribution in [3.8, 4) is 0 Å². The average Bonchev–Trinajstić information content (AvgIpc) is 2.44. The number of hydrogen-bond acceptors (Lipinski definition) is 3. The Bertz CT molecular complexity index is 295. The molecule has 5 nitrogen and oxygen atoms in total. The highest BCUT2D eigenvalue weighted by Crippen LogP contribution is 2.24. The molecule has 0 spiro atoms. The molecule has 0 aliphatic carbocycles. The van der Waals surface area contributed by atoms with Crippen molar-refractivity contribution >= 4 is 11.9 Å². The summed E-state index contributed by atoms with van der Waals surface area (Å²) in [6, 6.07) is -0.871. The Morgan fingerprint density at radius 2 is 1.94 bits per heavy atom. The molecule has 0 bridgehead atoms. The highest BCUT2D eigenvalue weighted by molar-refractivity contribution is 5.84. The van der Waals surface area contributed by atoms with Crippen LogP contribution in [0.1, 0.15) is 33.6 Å². The largest absolute Gasteiger partial charge is 0.480 e. The molecular weight excluding hydrogens is 210 g/mol. The molecule has 1 heterocycles. The second-order valence-electron chi connectivity index (χ2n) is 5.53. The number of nitrogens with zero attached hydrogens (tertiary/aromatic N) is 1. The molecule has 0 aromatic heterocycles. The van der Waals surface area contributed by atoms with Crippen LogP contribution in [0, 0.1) is 5.41 Å². The SMILES string of the molecule is CC(C)(C)CC(=O)N1C[C@@H](O)C[C@@H]1C(=O)O. The highest BCUT2D eigenvalue weighted by Gasteiger charge is 2.39. The number of β-amino-alcohol motifs (C(OH)–C–C–N with tert-alkyl or cyclic N) is 1. The summed E-state index contributed by atoms with van der Waals surface area (Å²) >= 11 is 0. The van der Waals surface area contributed by atoms with Gasteiger partial charge in [0, 0.05) is 19.4 Å². The molecule has 0 aromatic rings. The van der Waals surface area contributed by atoms with Crippen molar-refractivity contribution in [2.24, 2.45) is 5.41 Å². The van der Waals surface area contributed by atoms with Gasteiger partial charge in [-0.3, -0.25) is 4.79 Å². The molecule has 0 unspecified atom stereocenters. The first-order chi connectivity index (χ1) is 7.20. The van der Waals surface area contributed by atoms with Gasteiger partial charge in [0.05, 0.1) is 6.10 Å². The summed E-state index contributed by atoms with van der Waals surface area (Å²) in [5, 5.41) is 18.4. The monoisotopic (exact) mass is 229 g/mol. The topological polar surface area (TPSA) is 77.8 Å². The van der Waals surface area contributed by atoms with Gasteiger partial charge < -0.3 is 15.1 Å². The van der Waals surface area contributed by atoms with Gasteiger partial charge in [-0.2, -0.15) is 0 Å². The van der Waals surface area contributed by atoms with Gasteiger partial charge >= 0.3 is 5.97 Å². The number of aliphatic carboxylic acids is 1. The number of carboxylic acid groups (broad SMARTS) is 1. The summed E-state index contributed by atoms with van der Waals surface area (Å²) in [7, 11) is 0. The number of likely N-dealkylation sites (tertiary alicyclic amines) is 1. The number of carboxylic acids is 1. The number of amides is 1. The van der Waals surface area contributed by atoms with E-state index in [4.69, 9.17) is 5.11 Å². The molecule has 2 atom stereocenters. The summed E-state index contributed by atoms with van der Waals surface area (Å²) in [6.07, 6.45) is -0.292. The standard InChI is InChI=1S/C11H19NO4/c1-11(2,3)5-9(14)12-6-7(13)4-8(12)10(15)16/h7-8,13H,4-6H2,1-3H3,(H,15,16)/t7-,8+/m0/s1. The van der Waals surface area contributed by atoms with E-state index in [1.165, 1.54) is 4.90 Å². The predicted molar refractivity (Wildman–Crippen MR) is 57.8 cm³/mol. The predicted octanol–water partition coefficient (Wildman–Crippen LogP) is 0.469. The van der Waals surface area contributed by atoms with E-state index < -0.39 is 18.1 Å². The normalized spacial score (nSPS) is 25.9. The third kappa shape index (κ3) is 3.20. The maximum Gasteiger partial charge on any atom is 0.326 e. The van der Waals surface area contributed by atoms with Gasteiger partial charge in [0.25, 0.3) is 0 Å². The molecule has 16 heavy (non-hydrogen) atoms. The maximum atomic E-state index is 11.9. The van der Waals surface area contributed by atoms with E-state index in [9.17, 15) is 14.7 Å². The molecule has 92 valence electrons. The lowest BCUT2D eigenvalue weighted by atomic mass is 9.91. The summed E-state index contributed by atoms with van der Waals surface area (Å²) < 4.78 is 0.